The molecule has 2 aromatic rings. The van der Waals surface area contributed by atoms with Gasteiger partial charge in [-0.1, -0.05) is 31.0 Å². The predicted molar refractivity (Wildman–Crippen MR) is 175 cm³/mol. The number of methoxy groups -OCH3 is 1. The summed E-state index contributed by atoms with van der Waals surface area (Å²) in [7, 11) is -2.14. The normalized spacial score (nSPS) is 14.4. The van der Waals surface area contributed by atoms with Crippen LogP contribution in [0.3, 0.4) is 0 Å². The molecule has 2 aromatic carbocycles. The van der Waals surface area contributed by atoms with Gasteiger partial charge >= 0.3 is 12.1 Å². The number of aromatic hydroxyl groups is 2. The lowest BCUT2D eigenvalue weighted by Crippen LogP contribution is -2.36. The first-order chi connectivity index (χ1) is 22.2. The Hall–Kier alpha value is -2.70. The molecule has 1 aliphatic rings. The fourth-order valence-electron chi connectivity index (χ4n) is 6.17. The lowest BCUT2D eigenvalue weighted by atomic mass is 9.89. The van der Waals surface area contributed by atoms with Crippen molar-refractivity contribution in [3.8, 4) is 11.5 Å². The number of halogens is 5. The average Bonchev–Trinajstić information content (AvgIpc) is 3.16. The molecule has 0 aromatic heterocycles. The third-order valence-corrected chi connectivity index (χ3v) is 10.4. The van der Waals surface area contributed by atoms with E-state index in [0.717, 1.165) is 81.0 Å². The molecule has 0 amide bonds. The van der Waals surface area contributed by atoms with Gasteiger partial charge in [0.25, 0.3) is 0 Å². The number of hydrogen-bond acceptors (Lipinski definition) is 6. The van der Waals surface area contributed by atoms with Crippen LogP contribution < -0.4 is 0 Å². The summed E-state index contributed by atoms with van der Waals surface area (Å²) >= 11 is 0. The number of hydrogen-bond donors (Lipinski definition) is 2. The van der Waals surface area contributed by atoms with Crippen LogP contribution in [0.1, 0.15) is 87.3 Å². The second-order valence-electron chi connectivity index (χ2n) is 12.4. The van der Waals surface area contributed by atoms with Crippen molar-refractivity contribution < 1.29 is 45.3 Å². The zero-order valence-corrected chi connectivity index (χ0v) is 28.0. The molecular weight excluding hydrogens is 641 g/mol. The monoisotopic (exact) mass is 689 g/mol. The molecule has 1 aliphatic carbocycles. The van der Waals surface area contributed by atoms with E-state index in [-0.39, 0.29) is 23.7 Å². The van der Waals surface area contributed by atoms with Gasteiger partial charge < -0.3 is 19.8 Å². The third-order valence-electron chi connectivity index (χ3n) is 8.61. The molecule has 0 heterocycles. The minimum Gasteiger partial charge on any atom is -0.508 e. The number of ether oxygens (including phenoxy) is 1. The zero-order chi connectivity index (χ0) is 34.5. The molecule has 0 bridgehead atoms. The molecule has 3 rings (SSSR count). The van der Waals surface area contributed by atoms with Crippen LogP contribution in [0, 0.1) is 0 Å². The van der Waals surface area contributed by atoms with Crippen molar-refractivity contribution in [2.45, 2.75) is 89.1 Å². The lowest BCUT2D eigenvalue weighted by molar-refractivity contribution is -0.284. The second kappa shape index (κ2) is 18.2. The van der Waals surface area contributed by atoms with E-state index in [9.17, 15) is 40.6 Å². The van der Waals surface area contributed by atoms with Gasteiger partial charge in [-0.2, -0.15) is 22.0 Å². The number of phenols is 2. The van der Waals surface area contributed by atoms with Crippen LogP contribution in [0.5, 0.6) is 11.5 Å². The molecule has 264 valence electrons. The van der Waals surface area contributed by atoms with Crippen LogP contribution in [-0.4, -0.2) is 80.5 Å². The largest absolute Gasteiger partial charge is 0.508 e. The Balaban J connectivity index is 1.51. The summed E-state index contributed by atoms with van der Waals surface area (Å²) < 4.78 is 93.2. The Kier molecular flexibility index (Phi) is 15.0. The molecule has 12 heteroatoms. The number of rotatable bonds is 20. The quantitative estimate of drug-likeness (QED) is 0.107. The number of aryl methyl sites for hydroxylation is 1. The van der Waals surface area contributed by atoms with Crippen molar-refractivity contribution in [3.05, 3.63) is 59.2 Å². The van der Waals surface area contributed by atoms with E-state index in [1.165, 1.54) is 11.1 Å². The van der Waals surface area contributed by atoms with E-state index < -0.39 is 40.5 Å². The number of fused-ring (bicyclic) bond motifs is 1. The summed E-state index contributed by atoms with van der Waals surface area (Å²) in [5.74, 6) is -5.38. The van der Waals surface area contributed by atoms with E-state index in [2.05, 4.69) is 4.90 Å². The number of nitrogens with zero attached hydrogens (tertiary/aromatic N) is 1. The summed E-state index contributed by atoms with van der Waals surface area (Å²) in [4.78, 5) is 2.16. The molecule has 0 atom stereocenters. The first-order valence-electron chi connectivity index (χ1n) is 16.4. The van der Waals surface area contributed by atoms with Crippen molar-refractivity contribution in [1.82, 2.24) is 4.90 Å². The standard InChI is InChI=1S/C35H48F5NO5S/c1-46-22-9-20-41(21-10-24-47(44,45)23-8-18-34(36,37)35(38,39)40)19-5-3-2-4-14-33-31(27-11-6-13-29(42)25-27)15-7-12-28-26-30(43)16-17-32(28)33/h6,11,13,16-17,25-26,42-43H,2-5,7-10,12,14-15,18-24H2,1H3. The topological polar surface area (TPSA) is 87.1 Å². The van der Waals surface area contributed by atoms with Crippen LogP contribution in [0.25, 0.3) is 11.1 Å². The Morgan fingerprint density at radius 3 is 2.21 bits per heavy atom. The second-order valence-corrected chi connectivity index (χ2v) is 14.7. The molecule has 2 N–H and O–H groups in total. The third kappa shape index (κ3) is 12.7. The summed E-state index contributed by atoms with van der Waals surface area (Å²) in [5.41, 5.74) is 5.75. The van der Waals surface area contributed by atoms with Crippen LogP contribution in [0.15, 0.2) is 42.5 Å². The van der Waals surface area contributed by atoms with Crippen molar-refractivity contribution in [1.29, 1.82) is 0 Å². The van der Waals surface area contributed by atoms with Crippen molar-refractivity contribution in [3.63, 3.8) is 0 Å². The smallest absolute Gasteiger partial charge is 0.453 e. The molecular formula is C35H48F5NO5S. The van der Waals surface area contributed by atoms with Gasteiger partial charge in [0.1, 0.15) is 21.3 Å². The molecule has 47 heavy (non-hydrogen) atoms. The molecule has 0 saturated heterocycles. The number of benzene rings is 2. The van der Waals surface area contributed by atoms with E-state index in [0.29, 0.717) is 19.7 Å². The van der Waals surface area contributed by atoms with Gasteiger partial charge in [-0.05, 0) is 123 Å². The molecule has 0 fully saturated rings. The Morgan fingerprint density at radius 2 is 1.49 bits per heavy atom. The predicted octanol–water partition coefficient (Wildman–Crippen LogP) is 8.42. The highest BCUT2D eigenvalue weighted by atomic mass is 32.2. The molecule has 0 aliphatic heterocycles. The Morgan fingerprint density at radius 1 is 0.809 bits per heavy atom. The van der Waals surface area contributed by atoms with Crippen molar-refractivity contribution in [2.75, 3.05) is 44.9 Å². The number of phenolic OH excluding ortho intramolecular Hbond substituents is 2. The van der Waals surface area contributed by atoms with E-state index >= 15 is 0 Å². The van der Waals surface area contributed by atoms with Crippen LogP contribution in [0.4, 0.5) is 22.0 Å². The summed E-state index contributed by atoms with van der Waals surface area (Å²) in [6, 6.07) is 12.9. The summed E-state index contributed by atoms with van der Waals surface area (Å²) in [6.45, 7) is 2.49. The first-order valence-corrected chi connectivity index (χ1v) is 18.2. The van der Waals surface area contributed by atoms with Crippen molar-refractivity contribution in [2.24, 2.45) is 0 Å². The Bertz CT molecular complexity index is 1410. The van der Waals surface area contributed by atoms with E-state index in [1.807, 2.05) is 24.3 Å². The maximum atomic E-state index is 13.1. The maximum absolute atomic E-state index is 13.1. The van der Waals surface area contributed by atoms with Crippen LogP contribution in [-0.2, 0) is 21.0 Å². The van der Waals surface area contributed by atoms with Crippen LogP contribution >= 0.6 is 0 Å². The van der Waals surface area contributed by atoms with E-state index in [4.69, 9.17) is 4.74 Å². The minimum absolute atomic E-state index is 0.225. The van der Waals surface area contributed by atoms with Gasteiger partial charge in [0.05, 0.1) is 11.5 Å². The number of unbranched alkanes of at least 4 members (excludes halogenated alkanes) is 3. The van der Waals surface area contributed by atoms with Gasteiger partial charge in [0, 0.05) is 26.7 Å². The number of alkyl halides is 5. The molecule has 0 saturated carbocycles. The summed E-state index contributed by atoms with van der Waals surface area (Å²) in [5, 5.41) is 20.2. The maximum Gasteiger partial charge on any atom is 0.453 e. The minimum atomic E-state index is -5.68. The van der Waals surface area contributed by atoms with E-state index in [1.54, 1.807) is 25.3 Å². The van der Waals surface area contributed by atoms with Crippen LogP contribution in [0.2, 0.25) is 0 Å². The highest BCUT2D eigenvalue weighted by Crippen LogP contribution is 2.41. The van der Waals surface area contributed by atoms with Crippen molar-refractivity contribution >= 4 is 21.0 Å². The molecule has 0 radical (unpaired) electrons. The van der Waals surface area contributed by atoms with Gasteiger partial charge in [0.2, 0.25) is 0 Å². The zero-order valence-electron chi connectivity index (χ0n) is 27.1. The van der Waals surface area contributed by atoms with Gasteiger partial charge in [0.15, 0.2) is 0 Å². The number of sulfone groups is 1. The number of allylic oxidation sites excluding steroid dienone is 2. The highest BCUT2D eigenvalue weighted by molar-refractivity contribution is 7.91. The average molecular weight is 690 g/mol. The summed E-state index contributed by atoms with van der Waals surface area (Å²) in [6.07, 6.45) is 0.395. The molecule has 0 spiro atoms. The van der Waals surface area contributed by atoms with Gasteiger partial charge in [-0.15, -0.1) is 0 Å². The first kappa shape index (κ1) is 38.7. The van der Waals surface area contributed by atoms with Gasteiger partial charge in [-0.25, -0.2) is 8.42 Å². The lowest BCUT2D eigenvalue weighted by Gasteiger charge is -2.22. The molecule has 0 unspecified atom stereocenters. The highest BCUT2D eigenvalue weighted by Gasteiger charge is 2.56. The fraction of sp³-hybridized carbons (Fsp3) is 0.600. The fourth-order valence-corrected chi connectivity index (χ4v) is 7.53. The Labute approximate surface area is 275 Å². The molecule has 6 nitrogen and oxygen atoms in total. The van der Waals surface area contributed by atoms with Gasteiger partial charge in [-0.3, -0.25) is 0 Å². The SMILES string of the molecule is COCCCN(CCCCCCC1=C(c2cccc(O)c2)CCCc2cc(O)ccc21)CCCS(=O)(=O)CCCC(F)(F)C(F)(F)F.